The molecule has 1 saturated heterocycles. The normalized spacial score (nSPS) is 19.5. The lowest BCUT2D eigenvalue weighted by Crippen LogP contribution is -2.64. The Morgan fingerprint density at radius 1 is 1.44 bits per heavy atom. The monoisotopic (exact) mass is 219 g/mol. The second-order valence-electron chi connectivity index (χ2n) is 4.28. The van der Waals surface area contributed by atoms with Crippen molar-refractivity contribution < 1.29 is 9.59 Å². The van der Waals surface area contributed by atoms with Gasteiger partial charge in [-0.2, -0.15) is 0 Å². The van der Waals surface area contributed by atoms with Crippen LogP contribution in [0.2, 0.25) is 0 Å². The van der Waals surface area contributed by atoms with Crippen LogP contribution < -0.4 is 10.2 Å². The summed E-state index contributed by atoms with van der Waals surface area (Å²) in [6, 6.07) is 3.50. The summed E-state index contributed by atoms with van der Waals surface area (Å²) in [6.07, 6.45) is 3.20. The Morgan fingerprint density at radius 3 is 2.81 bits per heavy atom. The van der Waals surface area contributed by atoms with Gasteiger partial charge in [0.05, 0.1) is 11.9 Å². The molecule has 1 aromatic rings. The number of rotatable bonds is 1. The van der Waals surface area contributed by atoms with Crippen molar-refractivity contribution >= 4 is 17.5 Å². The smallest absolute Gasteiger partial charge is 0.252 e. The summed E-state index contributed by atoms with van der Waals surface area (Å²) < 4.78 is 0. The molecule has 0 atom stereocenters. The zero-order valence-electron chi connectivity index (χ0n) is 9.23. The van der Waals surface area contributed by atoms with E-state index in [0.717, 1.165) is 0 Å². The lowest BCUT2D eigenvalue weighted by molar-refractivity contribution is -0.134. The molecule has 2 amide bonds. The van der Waals surface area contributed by atoms with E-state index in [9.17, 15) is 9.59 Å². The van der Waals surface area contributed by atoms with Gasteiger partial charge in [-0.05, 0) is 26.0 Å². The molecule has 1 aliphatic rings. The fourth-order valence-corrected chi connectivity index (χ4v) is 1.72. The van der Waals surface area contributed by atoms with Gasteiger partial charge in [0.2, 0.25) is 5.91 Å². The number of anilines is 1. The minimum Gasteiger partial charge on any atom is -0.341 e. The van der Waals surface area contributed by atoms with Crippen LogP contribution in [-0.4, -0.2) is 28.9 Å². The maximum absolute atomic E-state index is 12.1. The molecule has 0 bridgehead atoms. The van der Waals surface area contributed by atoms with Crippen LogP contribution in [0.5, 0.6) is 0 Å². The van der Waals surface area contributed by atoms with E-state index in [-0.39, 0.29) is 18.4 Å². The quantitative estimate of drug-likeness (QED) is 0.740. The zero-order valence-corrected chi connectivity index (χ0v) is 9.23. The second kappa shape index (κ2) is 3.59. The molecule has 1 fully saturated rings. The van der Waals surface area contributed by atoms with Gasteiger partial charge >= 0.3 is 0 Å². The Kier molecular flexibility index (Phi) is 2.38. The van der Waals surface area contributed by atoms with Crippen molar-refractivity contribution in [2.45, 2.75) is 19.4 Å². The van der Waals surface area contributed by atoms with Crippen molar-refractivity contribution in [1.82, 2.24) is 10.3 Å². The van der Waals surface area contributed by atoms with E-state index in [4.69, 9.17) is 0 Å². The lowest BCUT2D eigenvalue weighted by atomic mass is 10.0. The molecular weight excluding hydrogens is 206 g/mol. The number of nitrogens with zero attached hydrogens (tertiary/aromatic N) is 2. The maximum Gasteiger partial charge on any atom is 0.252 e. The predicted octanol–water partition coefficient (Wildman–Crippen LogP) is 0.323. The van der Waals surface area contributed by atoms with Gasteiger partial charge < -0.3 is 5.32 Å². The van der Waals surface area contributed by atoms with E-state index in [1.807, 2.05) is 0 Å². The van der Waals surface area contributed by atoms with Gasteiger partial charge in [-0.3, -0.25) is 19.5 Å². The Hall–Kier alpha value is -1.91. The second-order valence-corrected chi connectivity index (χ2v) is 4.28. The van der Waals surface area contributed by atoms with Crippen LogP contribution >= 0.6 is 0 Å². The summed E-state index contributed by atoms with van der Waals surface area (Å²) in [7, 11) is 0. The molecule has 0 aromatic carbocycles. The number of aromatic nitrogens is 1. The van der Waals surface area contributed by atoms with Gasteiger partial charge in [0, 0.05) is 6.20 Å². The number of amides is 2. The third kappa shape index (κ3) is 1.76. The fourth-order valence-electron chi connectivity index (χ4n) is 1.72. The van der Waals surface area contributed by atoms with Crippen LogP contribution in [0.1, 0.15) is 13.8 Å². The van der Waals surface area contributed by atoms with Gasteiger partial charge in [-0.25, -0.2) is 0 Å². The van der Waals surface area contributed by atoms with Crippen LogP contribution in [0.3, 0.4) is 0 Å². The van der Waals surface area contributed by atoms with E-state index >= 15 is 0 Å². The Morgan fingerprint density at radius 2 is 2.19 bits per heavy atom. The van der Waals surface area contributed by atoms with Crippen molar-refractivity contribution in [2.75, 3.05) is 11.4 Å². The van der Waals surface area contributed by atoms with Crippen molar-refractivity contribution in [3.63, 3.8) is 0 Å². The first-order valence-corrected chi connectivity index (χ1v) is 5.04. The number of nitrogens with one attached hydrogen (secondary N) is 1. The summed E-state index contributed by atoms with van der Waals surface area (Å²) in [4.78, 5) is 29.0. The van der Waals surface area contributed by atoms with E-state index in [2.05, 4.69) is 10.3 Å². The number of piperazine rings is 1. The Balaban J connectivity index is 2.35. The van der Waals surface area contributed by atoms with Crippen molar-refractivity contribution in [3.8, 4) is 0 Å². The van der Waals surface area contributed by atoms with E-state index in [0.29, 0.717) is 5.69 Å². The lowest BCUT2D eigenvalue weighted by Gasteiger charge is -2.37. The summed E-state index contributed by atoms with van der Waals surface area (Å²) in [5, 5.41) is 2.65. The molecule has 84 valence electrons. The van der Waals surface area contributed by atoms with Crippen LogP contribution in [0, 0.1) is 0 Å². The fraction of sp³-hybridized carbons (Fsp3) is 0.364. The predicted molar refractivity (Wildman–Crippen MR) is 58.8 cm³/mol. The number of hydrogen-bond acceptors (Lipinski definition) is 3. The summed E-state index contributed by atoms with van der Waals surface area (Å²) in [5.41, 5.74) is -0.207. The minimum absolute atomic E-state index is 0.0496. The van der Waals surface area contributed by atoms with Crippen LogP contribution in [-0.2, 0) is 9.59 Å². The molecule has 2 rings (SSSR count). The molecule has 0 saturated carbocycles. The number of carbonyl (C=O) groups excluding carboxylic acids is 2. The SMILES string of the molecule is CC1(C)NC(=O)CN(c2cccnc2)C1=O. The first-order chi connectivity index (χ1) is 7.50. The van der Waals surface area contributed by atoms with Gasteiger partial charge in [0.25, 0.3) is 5.91 Å². The Bertz CT molecular complexity index is 428. The first-order valence-electron chi connectivity index (χ1n) is 5.04. The molecule has 0 aliphatic carbocycles. The van der Waals surface area contributed by atoms with E-state index in [1.165, 1.54) is 4.90 Å². The van der Waals surface area contributed by atoms with Crippen molar-refractivity contribution in [2.24, 2.45) is 0 Å². The van der Waals surface area contributed by atoms with Crippen molar-refractivity contribution in [3.05, 3.63) is 24.5 Å². The molecule has 1 N–H and O–H groups in total. The largest absolute Gasteiger partial charge is 0.341 e. The van der Waals surface area contributed by atoms with E-state index in [1.54, 1.807) is 38.4 Å². The molecule has 1 aromatic heterocycles. The average Bonchev–Trinajstić information content (AvgIpc) is 2.24. The van der Waals surface area contributed by atoms with Crippen LogP contribution in [0.15, 0.2) is 24.5 Å². The average molecular weight is 219 g/mol. The van der Waals surface area contributed by atoms with Gasteiger partial charge in [0.1, 0.15) is 12.1 Å². The minimum atomic E-state index is -0.856. The van der Waals surface area contributed by atoms with Gasteiger partial charge in [-0.15, -0.1) is 0 Å². The molecular formula is C11H13N3O2. The molecule has 0 unspecified atom stereocenters. The van der Waals surface area contributed by atoms with E-state index < -0.39 is 5.54 Å². The maximum atomic E-state index is 12.1. The summed E-state index contributed by atoms with van der Waals surface area (Å²) >= 11 is 0. The van der Waals surface area contributed by atoms with Gasteiger partial charge in [-0.1, -0.05) is 0 Å². The van der Waals surface area contributed by atoms with Crippen molar-refractivity contribution in [1.29, 1.82) is 0 Å². The number of hydrogen-bond donors (Lipinski definition) is 1. The number of carbonyl (C=O) groups is 2. The molecule has 1 aliphatic heterocycles. The summed E-state index contributed by atoms with van der Waals surface area (Å²) in [6.45, 7) is 3.43. The number of pyridine rings is 1. The summed E-state index contributed by atoms with van der Waals surface area (Å²) in [5.74, 6) is -0.284. The highest BCUT2D eigenvalue weighted by atomic mass is 16.2. The molecule has 0 radical (unpaired) electrons. The third-order valence-corrected chi connectivity index (χ3v) is 2.49. The molecule has 2 heterocycles. The highest BCUT2D eigenvalue weighted by molar-refractivity contribution is 6.08. The standard InChI is InChI=1S/C11H13N3O2/c1-11(2)10(16)14(7-9(15)13-11)8-4-3-5-12-6-8/h3-6H,7H2,1-2H3,(H,13,15). The first kappa shape index (κ1) is 10.6. The molecule has 16 heavy (non-hydrogen) atoms. The molecule has 5 nitrogen and oxygen atoms in total. The van der Waals surface area contributed by atoms with Crippen LogP contribution in [0.25, 0.3) is 0 Å². The highest BCUT2D eigenvalue weighted by Gasteiger charge is 2.39. The zero-order chi connectivity index (χ0) is 11.8. The topological polar surface area (TPSA) is 62.3 Å². The Labute approximate surface area is 93.5 Å². The van der Waals surface area contributed by atoms with Gasteiger partial charge in [0.15, 0.2) is 0 Å². The highest BCUT2D eigenvalue weighted by Crippen LogP contribution is 2.20. The van der Waals surface area contributed by atoms with Crippen LogP contribution in [0.4, 0.5) is 5.69 Å². The third-order valence-electron chi connectivity index (χ3n) is 2.49. The molecule has 0 spiro atoms. The molecule has 5 heteroatoms.